The van der Waals surface area contributed by atoms with Crippen molar-refractivity contribution in [3.8, 4) is 0 Å². The largest absolute Gasteiger partial charge is 0.469 e. The van der Waals surface area contributed by atoms with Crippen molar-refractivity contribution in [2.75, 3.05) is 33.3 Å². The number of hydrogen-bond acceptors (Lipinski definition) is 5. The van der Waals surface area contributed by atoms with E-state index in [0.29, 0.717) is 6.07 Å². The molecule has 0 saturated carbocycles. The summed E-state index contributed by atoms with van der Waals surface area (Å²) in [5.74, 6) is -2.81. The van der Waals surface area contributed by atoms with Crippen LogP contribution in [0.5, 0.6) is 0 Å². The molecule has 2 aliphatic heterocycles. The molecule has 252 valence electrons. The van der Waals surface area contributed by atoms with Crippen LogP contribution in [-0.2, 0) is 36.2 Å². The Morgan fingerprint density at radius 2 is 1.54 bits per heavy atom. The number of piperidine rings is 1. The number of ether oxygens (including phenoxy) is 1. The molecule has 0 radical (unpaired) electrons. The van der Waals surface area contributed by atoms with E-state index >= 15 is 4.39 Å². The fourth-order valence-corrected chi connectivity index (χ4v) is 9.57. The highest BCUT2D eigenvalue weighted by Gasteiger charge is 2.74. The molecule has 4 atom stereocenters. The number of halogens is 8. The quantitative estimate of drug-likeness (QED) is 0.228. The third kappa shape index (κ3) is 5.10. The van der Waals surface area contributed by atoms with Crippen LogP contribution in [0, 0.1) is 23.6 Å². The minimum atomic E-state index is -6.37. The minimum Gasteiger partial charge on any atom is -0.469 e. The first kappa shape index (κ1) is 33.9. The Kier molecular flexibility index (Phi) is 8.38. The van der Waals surface area contributed by atoms with Crippen molar-refractivity contribution in [3.63, 3.8) is 0 Å². The van der Waals surface area contributed by atoms with Gasteiger partial charge in [-0.05, 0) is 60.6 Å². The summed E-state index contributed by atoms with van der Waals surface area (Å²) < 4.78 is 142. The predicted molar refractivity (Wildman–Crippen MR) is 146 cm³/mol. The highest BCUT2D eigenvalue weighted by atomic mass is 32.2. The summed E-state index contributed by atoms with van der Waals surface area (Å²) >= 11 is 0. The van der Waals surface area contributed by atoms with Crippen LogP contribution in [0.15, 0.2) is 47.4 Å². The first-order chi connectivity index (χ1) is 21.3. The highest BCUT2D eigenvalue weighted by Crippen LogP contribution is 2.56. The Labute approximate surface area is 259 Å². The molecule has 0 aromatic heterocycles. The number of nitrogens with zero attached hydrogens (tertiary/aromatic N) is 2. The number of urea groups is 1. The molecule has 5 rings (SSSR count). The highest BCUT2D eigenvalue weighted by molar-refractivity contribution is 7.92. The molecule has 2 aromatic rings. The lowest BCUT2D eigenvalue weighted by molar-refractivity contribution is -0.348. The zero-order chi connectivity index (χ0) is 34.0. The van der Waals surface area contributed by atoms with Crippen LogP contribution in [0.2, 0.25) is 0 Å². The fraction of sp³-hybridized carbons (Fsp3) is 0.533. The van der Waals surface area contributed by atoms with Crippen molar-refractivity contribution in [1.29, 1.82) is 0 Å². The SMILES string of the molecule is COC(=O)C1CCN(C(=O)N2CC3CCc4cc(C(F)(C(F)(F)F)C(F)(F)F)ccc4C3(S(=O)(=O)c3ccc(F)cc3)C2)CC1C. The smallest absolute Gasteiger partial charge is 0.435 e. The molecular formula is C30H30F8N2O5S. The van der Waals surface area contributed by atoms with Gasteiger partial charge in [0.2, 0.25) is 0 Å². The summed E-state index contributed by atoms with van der Waals surface area (Å²) in [7, 11) is -3.36. The fourth-order valence-electron chi connectivity index (χ4n) is 7.21. The number of benzene rings is 2. The van der Waals surface area contributed by atoms with Gasteiger partial charge in [-0.15, -0.1) is 0 Å². The Morgan fingerprint density at radius 3 is 2.11 bits per heavy atom. The van der Waals surface area contributed by atoms with Gasteiger partial charge < -0.3 is 14.5 Å². The van der Waals surface area contributed by atoms with E-state index in [1.54, 1.807) is 6.92 Å². The second kappa shape index (κ2) is 11.4. The number of esters is 1. The van der Waals surface area contributed by atoms with Crippen LogP contribution in [0.1, 0.15) is 36.5 Å². The lowest BCUT2D eigenvalue weighted by Crippen LogP contribution is -2.51. The molecule has 16 heteroatoms. The van der Waals surface area contributed by atoms with E-state index in [9.17, 15) is 48.7 Å². The van der Waals surface area contributed by atoms with Crippen LogP contribution >= 0.6 is 0 Å². The van der Waals surface area contributed by atoms with Crippen LogP contribution < -0.4 is 0 Å². The molecule has 0 bridgehead atoms. The molecule has 1 aliphatic carbocycles. The van der Waals surface area contributed by atoms with Gasteiger partial charge in [-0.2, -0.15) is 26.3 Å². The van der Waals surface area contributed by atoms with E-state index in [1.165, 1.54) is 16.9 Å². The average molecular weight is 683 g/mol. The Hall–Kier alpha value is -3.43. The van der Waals surface area contributed by atoms with E-state index in [-0.39, 0.29) is 66.9 Å². The average Bonchev–Trinajstić information content (AvgIpc) is 3.40. The number of carbonyl (C=O) groups excluding carboxylic acids is 2. The van der Waals surface area contributed by atoms with E-state index < -0.39 is 74.4 Å². The molecular weight excluding hydrogens is 652 g/mol. The number of carbonyl (C=O) groups is 2. The molecule has 46 heavy (non-hydrogen) atoms. The van der Waals surface area contributed by atoms with Crippen LogP contribution in [0.25, 0.3) is 0 Å². The number of likely N-dealkylation sites (tertiary alicyclic amines) is 2. The number of fused-ring (bicyclic) bond motifs is 3. The maximum atomic E-state index is 15.0. The van der Waals surface area contributed by atoms with Crippen molar-refractivity contribution < 1.29 is 57.9 Å². The third-order valence-corrected chi connectivity index (χ3v) is 12.1. The first-order valence-electron chi connectivity index (χ1n) is 14.4. The molecule has 2 fully saturated rings. The van der Waals surface area contributed by atoms with Crippen LogP contribution in [0.3, 0.4) is 0 Å². The third-order valence-electron chi connectivity index (χ3n) is 9.58. The second-order valence-electron chi connectivity index (χ2n) is 12.1. The zero-order valence-electron chi connectivity index (χ0n) is 24.6. The van der Waals surface area contributed by atoms with Gasteiger partial charge in [0.1, 0.15) is 10.6 Å². The van der Waals surface area contributed by atoms with Crippen LogP contribution in [-0.4, -0.2) is 75.9 Å². The first-order valence-corrected chi connectivity index (χ1v) is 15.9. The van der Waals surface area contributed by atoms with Gasteiger partial charge in [-0.25, -0.2) is 22.0 Å². The molecule has 2 aromatic carbocycles. The number of aryl methyl sites for hydroxylation is 1. The van der Waals surface area contributed by atoms with Crippen molar-refractivity contribution in [2.24, 2.45) is 17.8 Å². The maximum absolute atomic E-state index is 15.0. The molecule has 7 nitrogen and oxygen atoms in total. The zero-order valence-corrected chi connectivity index (χ0v) is 25.4. The van der Waals surface area contributed by atoms with Gasteiger partial charge in [0.05, 0.1) is 17.9 Å². The van der Waals surface area contributed by atoms with Gasteiger partial charge in [-0.3, -0.25) is 4.79 Å². The van der Waals surface area contributed by atoms with E-state index in [0.717, 1.165) is 30.3 Å². The number of hydrogen-bond donors (Lipinski definition) is 0. The Morgan fingerprint density at radius 1 is 0.913 bits per heavy atom. The van der Waals surface area contributed by atoms with Gasteiger partial charge >= 0.3 is 30.0 Å². The normalized spacial score (nSPS) is 25.6. The minimum absolute atomic E-state index is 0.0706. The van der Waals surface area contributed by atoms with Crippen molar-refractivity contribution in [1.82, 2.24) is 9.80 Å². The summed E-state index contributed by atoms with van der Waals surface area (Å²) in [5, 5.41) is 0. The van der Waals surface area contributed by atoms with E-state index in [4.69, 9.17) is 4.74 Å². The molecule has 2 saturated heterocycles. The standard InChI is InChI=1S/C30H30F8N2O5S/c1-17-14-39(12-11-23(17)25(41)45-2)26(42)40-15-20-4-3-18-13-19(28(32,29(33,34)35)30(36,37)38)5-10-24(18)27(20,16-40)46(43,44)22-8-6-21(31)7-9-22/h5-10,13,17,20,23H,3-4,11-12,14-16H2,1-2H3. The maximum Gasteiger partial charge on any atom is 0.435 e. The van der Waals surface area contributed by atoms with Crippen molar-refractivity contribution in [3.05, 3.63) is 65.0 Å². The summed E-state index contributed by atoms with van der Waals surface area (Å²) in [5.41, 5.74) is -7.86. The van der Waals surface area contributed by atoms with Gasteiger partial charge in [0, 0.05) is 37.7 Å². The van der Waals surface area contributed by atoms with Gasteiger partial charge in [0.25, 0.3) is 0 Å². The molecule has 4 unspecified atom stereocenters. The number of rotatable bonds is 4. The Bertz CT molecular complexity index is 1620. The van der Waals surface area contributed by atoms with Gasteiger partial charge in [0.15, 0.2) is 9.84 Å². The summed E-state index contributed by atoms with van der Waals surface area (Å²) in [6.07, 6.45) is -12.7. The van der Waals surface area contributed by atoms with Crippen LogP contribution in [0.4, 0.5) is 39.9 Å². The molecule has 2 amide bonds. The van der Waals surface area contributed by atoms with Crippen molar-refractivity contribution in [2.45, 2.75) is 53.9 Å². The molecule has 0 spiro atoms. The monoisotopic (exact) mass is 682 g/mol. The number of alkyl halides is 7. The lowest BCUT2D eigenvalue weighted by atomic mass is 9.75. The summed E-state index contributed by atoms with van der Waals surface area (Å²) in [6, 6.07) is 4.65. The molecule has 3 aliphatic rings. The van der Waals surface area contributed by atoms with E-state index in [1.807, 2.05) is 0 Å². The topological polar surface area (TPSA) is 84.0 Å². The summed E-state index contributed by atoms with van der Waals surface area (Å²) in [6.45, 7) is 1.41. The molecule has 2 heterocycles. The molecule has 0 N–H and O–H groups in total. The summed E-state index contributed by atoms with van der Waals surface area (Å²) in [4.78, 5) is 28.3. The van der Waals surface area contributed by atoms with Gasteiger partial charge in [-0.1, -0.05) is 25.1 Å². The second-order valence-corrected chi connectivity index (χ2v) is 14.3. The number of amides is 2. The Balaban J connectivity index is 1.60. The number of methoxy groups -OCH3 is 1. The predicted octanol–water partition coefficient (Wildman–Crippen LogP) is 5.91. The van der Waals surface area contributed by atoms with E-state index in [2.05, 4.69) is 0 Å². The lowest BCUT2D eigenvalue weighted by Gasteiger charge is -2.41. The number of sulfone groups is 1. The van der Waals surface area contributed by atoms with Crippen molar-refractivity contribution >= 4 is 21.8 Å².